The van der Waals surface area contributed by atoms with Crippen LogP contribution in [0.4, 0.5) is 0 Å². The van der Waals surface area contributed by atoms with Gasteiger partial charge in [-0.1, -0.05) is 38.8 Å². The van der Waals surface area contributed by atoms with Crippen molar-refractivity contribution < 1.29 is 0 Å². The van der Waals surface area contributed by atoms with Crippen molar-refractivity contribution in [2.45, 2.75) is 52.0 Å². The van der Waals surface area contributed by atoms with E-state index in [0.717, 1.165) is 18.4 Å². The van der Waals surface area contributed by atoms with Gasteiger partial charge in [0.1, 0.15) is 0 Å². The Morgan fingerprint density at radius 2 is 2.21 bits per heavy atom. The van der Waals surface area contributed by atoms with Gasteiger partial charge in [0.05, 0.1) is 0 Å². The standard InChI is InChI=1S/C17H26IN/c1-3-10-19-17(14-7-4-6-13(2)11-14)15-8-5-9-16(18)12-15/h5,8-9,12-14,17,19H,3-4,6-7,10-11H2,1-2H3. The minimum atomic E-state index is 0.553. The van der Waals surface area contributed by atoms with Crippen molar-refractivity contribution in [1.29, 1.82) is 0 Å². The van der Waals surface area contributed by atoms with Gasteiger partial charge in [-0.3, -0.25) is 0 Å². The molecular weight excluding hydrogens is 345 g/mol. The van der Waals surface area contributed by atoms with E-state index in [2.05, 4.69) is 66.0 Å². The molecule has 0 heterocycles. The highest BCUT2D eigenvalue weighted by atomic mass is 127. The molecule has 1 saturated carbocycles. The van der Waals surface area contributed by atoms with Crippen LogP contribution in [-0.2, 0) is 0 Å². The Morgan fingerprint density at radius 3 is 2.89 bits per heavy atom. The maximum atomic E-state index is 3.80. The lowest BCUT2D eigenvalue weighted by atomic mass is 9.76. The molecule has 0 amide bonds. The maximum absolute atomic E-state index is 3.80. The van der Waals surface area contributed by atoms with Crippen molar-refractivity contribution >= 4 is 22.6 Å². The van der Waals surface area contributed by atoms with Crippen LogP contribution in [0.1, 0.15) is 57.6 Å². The van der Waals surface area contributed by atoms with Crippen molar-refractivity contribution in [3.8, 4) is 0 Å². The minimum Gasteiger partial charge on any atom is -0.310 e. The molecule has 0 radical (unpaired) electrons. The summed E-state index contributed by atoms with van der Waals surface area (Å²) in [7, 11) is 0. The molecule has 0 bridgehead atoms. The fourth-order valence-electron chi connectivity index (χ4n) is 3.34. The van der Waals surface area contributed by atoms with Crippen LogP contribution in [0.5, 0.6) is 0 Å². The average Bonchev–Trinajstić information content (AvgIpc) is 2.39. The first kappa shape index (κ1) is 15.3. The summed E-state index contributed by atoms with van der Waals surface area (Å²) in [6.45, 7) is 5.79. The zero-order valence-corrected chi connectivity index (χ0v) is 14.3. The number of benzene rings is 1. The molecule has 0 saturated heterocycles. The largest absolute Gasteiger partial charge is 0.310 e. The minimum absolute atomic E-state index is 0.553. The normalized spacial score (nSPS) is 25.2. The van der Waals surface area contributed by atoms with Crippen LogP contribution in [0.25, 0.3) is 0 Å². The fraction of sp³-hybridized carbons (Fsp3) is 0.647. The first-order valence-corrected chi connectivity index (χ1v) is 8.77. The molecule has 1 N–H and O–H groups in total. The highest BCUT2D eigenvalue weighted by Crippen LogP contribution is 2.37. The van der Waals surface area contributed by atoms with E-state index in [1.54, 1.807) is 0 Å². The Morgan fingerprint density at radius 1 is 1.37 bits per heavy atom. The van der Waals surface area contributed by atoms with E-state index >= 15 is 0 Å². The number of hydrogen-bond acceptors (Lipinski definition) is 1. The summed E-state index contributed by atoms with van der Waals surface area (Å²) >= 11 is 2.42. The first-order valence-electron chi connectivity index (χ1n) is 7.69. The van der Waals surface area contributed by atoms with Crippen LogP contribution in [-0.4, -0.2) is 6.54 Å². The van der Waals surface area contributed by atoms with E-state index in [1.807, 2.05) is 0 Å². The van der Waals surface area contributed by atoms with Gasteiger partial charge in [-0.25, -0.2) is 0 Å². The zero-order valence-electron chi connectivity index (χ0n) is 12.2. The molecular formula is C17H26IN. The van der Waals surface area contributed by atoms with E-state index in [9.17, 15) is 0 Å². The van der Waals surface area contributed by atoms with Gasteiger partial charge in [-0.05, 0) is 77.9 Å². The Labute approximate surface area is 131 Å². The summed E-state index contributed by atoms with van der Waals surface area (Å²) in [5, 5.41) is 3.80. The van der Waals surface area contributed by atoms with Crippen molar-refractivity contribution in [2.75, 3.05) is 6.54 Å². The summed E-state index contributed by atoms with van der Waals surface area (Å²) in [5.41, 5.74) is 1.49. The SMILES string of the molecule is CCCNC(c1cccc(I)c1)C1CCCC(C)C1. The molecule has 1 aliphatic carbocycles. The summed E-state index contributed by atoms with van der Waals surface area (Å²) in [6, 6.07) is 9.59. The average molecular weight is 371 g/mol. The molecule has 0 aliphatic heterocycles. The molecule has 1 aliphatic rings. The number of nitrogens with one attached hydrogen (secondary N) is 1. The van der Waals surface area contributed by atoms with Gasteiger partial charge in [-0.15, -0.1) is 0 Å². The number of hydrogen-bond donors (Lipinski definition) is 1. The third-order valence-corrected chi connectivity index (χ3v) is 4.94. The molecule has 3 unspecified atom stereocenters. The first-order chi connectivity index (χ1) is 9.20. The molecule has 1 aromatic carbocycles. The molecule has 1 aromatic rings. The van der Waals surface area contributed by atoms with E-state index < -0.39 is 0 Å². The summed E-state index contributed by atoms with van der Waals surface area (Å²) in [4.78, 5) is 0. The molecule has 2 heteroatoms. The predicted octanol–water partition coefficient (Wildman–Crippen LogP) is 5.16. The van der Waals surface area contributed by atoms with Crippen LogP contribution >= 0.6 is 22.6 Å². The lowest BCUT2D eigenvalue weighted by molar-refractivity contribution is 0.223. The van der Waals surface area contributed by atoms with E-state index in [-0.39, 0.29) is 0 Å². The third kappa shape index (κ3) is 4.45. The molecule has 1 fully saturated rings. The molecule has 19 heavy (non-hydrogen) atoms. The highest BCUT2D eigenvalue weighted by Gasteiger charge is 2.27. The Balaban J connectivity index is 2.14. The topological polar surface area (TPSA) is 12.0 Å². The molecule has 3 atom stereocenters. The second kappa shape index (κ2) is 7.63. The third-order valence-electron chi connectivity index (χ3n) is 4.27. The van der Waals surface area contributed by atoms with Gasteiger partial charge in [0.25, 0.3) is 0 Å². The summed E-state index contributed by atoms with van der Waals surface area (Å²) < 4.78 is 1.35. The van der Waals surface area contributed by atoms with Crippen molar-refractivity contribution in [2.24, 2.45) is 11.8 Å². The lowest BCUT2D eigenvalue weighted by Gasteiger charge is -2.34. The molecule has 0 spiro atoms. The van der Waals surface area contributed by atoms with Crippen LogP contribution in [0.15, 0.2) is 24.3 Å². The summed E-state index contributed by atoms with van der Waals surface area (Å²) in [5.74, 6) is 1.71. The van der Waals surface area contributed by atoms with Crippen molar-refractivity contribution in [3.05, 3.63) is 33.4 Å². The lowest BCUT2D eigenvalue weighted by Crippen LogP contribution is -2.31. The van der Waals surface area contributed by atoms with Gasteiger partial charge in [0.15, 0.2) is 0 Å². The molecule has 0 aromatic heterocycles. The van der Waals surface area contributed by atoms with Crippen molar-refractivity contribution in [1.82, 2.24) is 5.32 Å². The maximum Gasteiger partial charge on any atom is 0.0349 e. The Kier molecular flexibility index (Phi) is 6.14. The van der Waals surface area contributed by atoms with Crippen LogP contribution in [0.3, 0.4) is 0 Å². The van der Waals surface area contributed by atoms with Gasteiger partial charge in [0.2, 0.25) is 0 Å². The van der Waals surface area contributed by atoms with Crippen LogP contribution in [0.2, 0.25) is 0 Å². The number of halogens is 1. The van der Waals surface area contributed by atoms with Gasteiger partial charge >= 0.3 is 0 Å². The zero-order chi connectivity index (χ0) is 13.7. The second-order valence-corrected chi connectivity index (χ2v) is 7.26. The summed E-state index contributed by atoms with van der Waals surface area (Å²) in [6.07, 6.45) is 6.80. The van der Waals surface area contributed by atoms with Gasteiger partial charge < -0.3 is 5.32 Å². The van der Waals surface area contributed by atoms with Crippen molar-refractivity contribution in [3.63, 3.8) is 0 Å². The second-order valence-electron chi connectivity index (χ2n) is 6.02. The smallest absolute Gasteiger partial charge is 0.0349 e. The molecule has 2 rings (SSSR count). The van der Waals surface area contributed by atoms with E-state index in [1.165, 1.54) is 41.2 Å². The quantitative estimate of drug-likeness (QED) is 0.705. The Hall–Kier alpha value is -0.0900. The van der Waals surface area contributed by atoms with Crippen LogP contribution in [0, 0.1) is 15.4 Å². The monoisotopic (exact) mass is 371 g/mol. The number of rotatable bonds is 5. The van der Waals surface area contributed by atoms with E-state index in [0.29, 0.717) is 6.04 Å². The Bertz CT molecular complexity index is 391. The van der Waals surface area contributed by atoms with Gasteiger partial charge in [-0.2, -0.15) is 0 Å². The van der Waals surface area contributed by atoms with E-state index in [4.69, 9.17) is 0 Å². The predicted molar refractivity (Wildman–Crippen MR) is 91.3 cm³/mol. The molecule has 1 nitrogen and oxygen atoms in total. The van der Waals surface area contributed by atoms with Crippen LogP contribution < -0.4 is 5.32 Å². The highest BCUT2D eigenvalue weighted by molar-refractivity contribution is 14.1. The van der Waals surface area contributed by atoms with Gasteiger partial charge in [0, 0.05) is 9.61 Å². The molecule has 106 valence electrons. The fourth-order valence-corrected chi connectivity index (χ4v) is 3.91.